The fourth-order valence-corrected chi connectivity index (χ4v) is 5.80. The molecule has 0 radical (unpaired) electrons. The standard InChI is InChI=1S/C27H24ClN3O5S2/c1-18-3-13-24(14-4-18)37(33,34)30-23-9-6-20(7-10-23)27(32)29-22-11-15-25(16-12-22)38(35,36)31-26-17-21(28)8-5-19(26)2/h3-17,30-31H,1-2H3,(H,29,32). The molecule has 8 nitrogen and oxygen atoms in total. The molecular formula is C27H24ClN3O5S2. The molecule has 0 aromatic heterocycles. The number of anilines is 3. The molecule has 0 heterocycles. The molecule has 4 aromatic carbocycles. The summed E-state index contributed by atoms with van der Waals surface area (Å²) in [7, 11) is -7.63. The summed E-state index contributed by atoms with van der Waals surface area (Å²) < 4.78 is 55.7. The number of hydrogen-bond donors (Lipinski definition) is 3. The van der Waals surface area contributed by atoms with Crippen molar-refractivity contribution in [2.75, 3.05) is 14.8 Å². The van der Waals surface area contributed by atoms with Crippen LogP contribution < -0.4 is 14.8 Å². The third kappa shape index (κ3) is 6.52. The van der Waals surface area contributed by atoms with Crippen LogP contribution >= 0.6 is 11.6 Å². The van der Waals surface area contributed by atoms with Crippen molar-refractivity contribution in [2.24, 2.45) is 0 Å². The Morgan fingerprint density at radius 1 is 0.658 bits per heavy atom. The Labute approximate surface area is 226 Å². The van der Waals surface area contributed by atoms with Crippen LogP contribution in [0.2, 0.25) is 5.02 Å². The van der Waals surface area contributed by atoms with E-state index in [1.165, 1.54) is 66.7 Å². The van der Waals surface area contributed by atoms with E-state index in [1.54, 1.807) is 31.2 Å². The van der Waals surface area contributed by atoms with Crippen LogP contribution in [-0.4, -0.2) is 22.7 Å². The van der Waals surface area contributed by atoms with Crippen LogP contribution in [0.4, 0.5) is 17.1 Å². The zero-order valence-electron chi connectivity index (χ0n) is 20.4. The Morgan fingerprint density at radius 2 is 1.18 bits per heavy atom. The van der Waals surface area contributed by atoms with Gasteiger partial charge in [-0.3, -0.25) is 14.2 Å². The SMILES string of the molecule is Cc1ccc(S(=O)(=O)Nc2ccc(C(=O)Nc3ccc(S(=O)(=O)Nc4cc(Cl)ccc4C)cc3)cc2)cc1. The lowest BCUT2D eigenvalue weighted by Crippen LogP contribution is -2.15. The maximum atomic E-state index is 12.8. The average molecular weight is 570 g/mol. The van der Waals surface area contributed by atoms with Crippen molar-refractivity contribution in [3.8, 4) is 0 Å². The number of benzene rings is 4. The van der Waals surface area contributed by atoms with E-state index in [0.29, 0.717) is 22.1 Å². The van der Waals surface area contributed by atoms with Crippen LogP contribution in [0.5, 0.6) is 0 Å². The molecule has 0 bridgehead atoms. The highest BCUT2D eigenvalue weighted by Gasteiger charge is 2.17. The van der Waals surface area contributed by atoms with Crippen LogP contribution in [0.25, 0.3) is 0 Å². The number of amides is 1. The number of hydrogen-bond acceptors (Lipinski definition) is 5. The molecule has 0 unspecified atom stereocenters. The van der Waals surface area contributed by atoms with Gasteiger partial charge in [0, 0.05) is 22.0 Å². The zero-order valence-corrected chi connectivity index (χ0v) is 22.8. The van der Waals surface area contributed by atoms with E-state index in [1.807, 2.05) is 6.92 Å². The molecule has 0 fully saturated rings. The topological polar surface area (TPSA) is 121 Å². The predicted octanol–water partition coefficient (Wildman–Crippen LogP) is 5.81. The lowest BCUT2D eigenvalue weighted by Gasteiger charge is -2.12. The molecule has 0 aliphatic rings. The maximum absolute atomic E-state index is 12.8. The highest BCUT2D eigenvalue weighted by Crippen LogP contribution is 2.24. The molecule has 1 amide bonds. The molecule has 0 saturated carbocycles. The van der Waals surface area contributed by atoms with Gasteiger partial charge in [-0.15, -0.1) is 0 Å². The van der Waals surface area contributed by atoms with Gasteiger partial charge in [0.1, 0.15) is 0 Å². The number of halogens is 1. The summed E-state index contributed by atoms with van der Waals surface area (Å²) in [6, 6.07) is 23.0. The number of aryl methyl sites for hydroxylation is 2. The average Bonchev–Trinajstić information content (AvgIpc) is 2.87. The Bertz CT molecular complexity index is 1690. The van der Waals surface area contributed by atoms with Crippen LogP contribution in [0, 0.1) is 13.8 Å². The highest BCUT2D eigenvalue weighted by molar-refractivity contribution is 7.93. The second-order valence-corrected chi connectivity index (χ2v) is 12.3. The molecule has 0 atom stereocenters. The summed E-state index contributed by atoms with van der Waals surface area (Å²) >= 11 is 5.97. The Kier molecular flexibility index (Phi) is 7.77. The second kappa shape index (κ2) is 10.9. The zero-order chi connectivity index (χ0) is 27.5. The summed E-state index contributed by atoms with van der Waals surface area (Å²) in [4.78, 5) is 12.8. The number of carbonyl (C=O) groups is 1. The molecule has 3 N–H and O–H groups in total. The van der Waals surface area contributed by atoms with Crippen LogP contribution in [0.15, 0.2) is 101 Å². The van der Waals surface area contributed by atoms with E-state index >= 15 is 0 Å². The second-order valence-electron chi connectivity index (χ2n) is 8.54. The van der Waals surface area contributed by atoms with E-state index in [4.69, 9.17) is 11.6 Å². The van der Waals surface area contributed by atoms with Gasteiger partial charge in [-0.05, 0) is 92.2 Å². The maximum Gasteiger partial charge on any atom is 0.261 e. The molecule has 38 heavy (non-hydrogen) atoms. The van der Waals surface area contributed by atoms with Crippen LogP contribution in [-0.2, 0) is 20.0 Å². The summed E-state index contributed by atoms with van der Waals surface area (Å²) in [5.41, 5.74) is 3.02. The third-order valence-corrected chi connectivity index (χ3v) is 8.61. The van der Waals surface area contributed by atoms with E-state index in [-0.39, 0.29) is 15.4 Å². The van der Waals surface area contributed by atoms with Crippen molar-refractivity contribution in [1.82, 2.24) is 0 Å². The summed E-state index contributed by atoms with van der Waals surface area (Å²) in [6.07, 6.45) is 0. The largest absolute Gasteiger partial charge is 0.322 e. The molecule has 0 spiro atoms. The van der Waals surface area contributed by atoms with E-state index < -0.39 is 26.0 Å². The first-order valence-corrected chi connectivity index (χ1v) is 14.7. The highest BCUT2D eigenvalue weighted by atomic mass is 35.5. The minimum absolute atomic E-state index is 0.0140. The van der Waals surface area contributed by atoms with Gasteiger partial charge in [-0.2, -0.15) is 0 Å². The molecule has 4 rings (SSSR count). The smallest absolute Gasteiger partial charge is 0.261 e. The summed E-state index contributed by atoms with van der Waals surface area (Å²) in [5.74, 6) is -0.443. The van der Waals surface area contributed by atoms with Gasteiger partial charge in [-0.1, -0.05) is 35.4 Å². The van der Waals surface area contributed by atoms with E-state index in [0.717, 1.165) is 11.1 Å². The van der Waals surface area contributed by atoms with E-state index in [9.17, 15) is 21.6 Å². The fourth-order valence-electron chi connectivity index (χ4n) is 3.45. The first-order chi connectivity index (χ1) is 17.9. The number of carbonyl (C=O) groups excluding carboxylic acids is 1. The number of rotatable bonds is 8. The van der Waals surface area contributed by atoms with E-state index in [2.05, 4.69) is 14.8 Å². The summed E-state index contributed by atoms with van der Waals surface area (Å²) in [5, 5.41) is 3.10. The molecule has 0 aliphatic heterocycles. The van der Waals surface area contributed by atoms with Gasteiger partial charge in [0.15, 0.2) is 0 Å². The molecule has 11 heteroatoms. The van der Waals surface area contributed by atoms with Gasteiger partial charge < -0.3 is 5.32 Å². The van der Waals surface area contributed by atoms with Gasteiger partial charge in [0.05, 0.1) is 15.5 Å². The van der Waals surface area contributed by atoms with Crippen LogP contribution in [0.1, 0.15) is 21.5 Å². The van der Waals surface area contributed by atoms with Gasteiger partial charge in [0.2, 0.25) is 0 Å². The summed E-state index contributed by atoms with van der Waals surface area (Å²) in [6.45, 7) is 3.63. The first-order valence-electron chi connectivity index (χ1n) is 11.3. The molecular weight excluding hydrogens is 546 g/mol. The molecule has 0 saturated heterocycles. The lowest BCUT2D eigenvalue weighted by atomic mass is 10.2. The normalized spacial score (nSPS) is 11.6. The van der Waals surface area contributed by atoms with Crippen molar-refractivity contribution in [2.45, 2.75) is 23.6 Å². The molecule has 4 aromatic rings. The quantitative estimate of drug-likeness (QED) is 0.247. The first kappa shape index (κ1) is 27.2. The van der Waals surface area contributed by atoms with Crippen molar-refractivity contribution in [3.05, 3.63) is 113 Å². The Balaban J connectivity index is 1.41. The van der Waals surface area contributed by atoms with Crippen molar-refractivity contribution in [1.29, 1.82) is 0 Å². The lowest BCUT2D eigenvalue weighted by molar-refractivity contribution is 0.102. The van der Waals surface area contributed by atoms with Crippen molar-refractivity contribution in [3.63, 3.8) is 0 Å². The fraction of sp³-hybridized carbons (Fsp3) is 0.0741. The van der Waals surface area contributed by atoms with Crippen molar-refractivity contribution < 1.29 is 21.6 Å². The molecule has 196 valence electrons. The predicted molar refractivity (Wildman–Crippen MR) is 150 cm³/mol. The Hall–Kier alpha value is -3.86. The van der Waals surface area contributed by atoms with Gasteiger partial charge >= 0.3 is 0 Å². The monoisotopic (exact) mass is 569 g/mol. The number of sulfonamides is 2. The third-order valence-electron chi connectivity index (χ3n) is 5.60. The minimum Gasteiger partial charge on any atom is -0.322 e. The van der Waals surface area contributed by atoms with Crippen molar-refractivity contribution >= 4 is 54.6 Å². The Morgan fingerprint density at radius 3 is 1.79 bits per heavy atom. The molecule has 0 aliphatic carbocycles. The van der Waals surface area contributed by atoms with Gasteiger partial charge in [-0.25, -0.2) is 16.8 Å². The van der Waals surface area contributed by atoms with Gasteiger partial charge in [0.25, 0.3) is 26.0 Å². The number of nitrogens with one attached hydrogen (secondary N) is 3. The minimum atomic E-state index is -3.87. The van der Waals surface area contributed by atoms with Crippen LogP contribution in [0.3, 0.4) is 0 Å².